The lowest BCUT2D eigenvalue weighted by Gasteiger charge is -2.32. The average molecular weight is 273 g/mol. The lowest BCUT2D eigenvalue weighted by molar-refractivity contribution is 0.0704. The van der Waals surface area contributed by atoms with E-state index in [4.69, 9.17) is 4.42 Å². The molecule has 3 rings (SSSR count). The van der Waals surface area contributed by atoms with Crippen molar-refractivity contribution in [2.45, 2.75) is 32.6 Å². The van der Waals surface area contributed by atoms with Crippen molar-refractivity contribution in [3.8, 4) is 0 Å². The van der Waals surface area contributed by atoms with Gasteiger partial charge >= 0.3 is 0 Å². The number of carbonyl (C=O) groups excluding carboxylic acids is 1. The number of aromatic nitrogens is 2. The summed E-state index contributed by atoms with van der Waals surface area (Å²) in [5.74, 6) is 1.91. The summed E-state index contributed by atoms with van der Waals surface area (Å²) in [5, 5.41) is 7.01. The molecule has 0 spiro atoms. The van der Waals surface area contributed by atoms with E-state index >= 15 is 0 Å². The molecule has 5 nitrogen and oxygen atoms in total. The fourth-order valence-electron chi connectivity index (χ4n) is 2.92. The summed E-state index contributed by atoms with van der Waals surface area (Å²) in [6.45, 7) is 5.27. The van der Waals surface area contributed by atoms with Crippen molar-refractivity contribution in [3.05, 3.63) is 41.1 Å². The first kappa shape index (κ1) is 13.0. The van der Waals surface area contributed by atoms with Crippen LogP contribution < -0.4 is 0 Å². The highest BCUT2D eigenvalue weighted by Crippen LogP contribution is 2.27. The standard InChI is InChI=1S/C15H19N3O2/c1-10-8-13(11(2)20-10)15(19)18-7-3-4-12(9-18)14-5-6-16-17-14/h5-6,8,12H,3-4,7,9H2,1-2H3,(H,16,17)/t12-/m1/s1. The van der Waals surface area contributed by atoms with Crippen LogP contribution in [-0.4, -0.2) is 34.1 Å². The molecule has 2 aromatic rings. The Labute approximate surface area is 118 Å². The molecule has 0 radical (unpaired) electrons. The van der Waals surface area contributed by atoms with Gasteiger partial charge in [0.1, 0.15) is 11.5 Å². The number of piperidine rings is 1. The third-order valence-electron chi connectivity index (χ3n) is 3.94. The summed E-state index contributed by atoms with van der Waals surface area (Å²) in [7, 11) is 0. The predicted molar refractivity (Wildman–Crippen MR) is 74.6 cm³/mol. The first-order valence-electron chi connectivity index (χ1n) is 7.00. The second-order valence-electron chi connectivity index (χ2n) is 5.43. The Morgan fingerprint density at radius 1 is 1.50 bits per heavy atom. The van der Waals surface area contributed by atoms with Gasteiger partial charge in [0.15, 0.2) is 0 Å². The summed E-state index contributed by atoms with van der Waals surface area (Å²) >= 11 is 0. The van der Waals surface area contributed by atoms with Gasteiger partial charge < -0.3 is 9.32 Å². The van der Waals surface area contributed by atoms with Crippen LogP contribution in [0.1, 0.15) is 46.3 Å². The normalized spacial score (nSPS) is 19.3. The van der Waals surface area contributed by atoms with E-state index < -0.39 is 0 Å². The molecule has 2 aromatic heterocycles. The summed E-state index contributed by atoms with van der Waals surface area (Å²) in [5.41, 5.74) is 1.80. The van der Waals surface area contributed by atoms with E-state index in [0.717, 1.165) is 37.4 Å². The van der Waals surface area contributed by atoms with Crippen LogP contribution in [0.25, 0.3) is 0 Å². The van der Waals surface area contributed by atoms with Gasteiger partial charge in [0, 0.05) is 30.9 Å². The maximum absolute atomic E-state index is 12.6. The SMILES string of the molecule is Cc1cc(C(=O)N2CCC[C@@H](c3ccn[nH]3)C2)c(C)o1. The summed E-state index contributed by atoms with van der Waals surface area (Å²) in [6.07, 6.45) is 3.88. The van der Waals surface area contributed by atoms with Crippen molar-refractivity contribution in [1.29, 1.82) is 0 Å². The number of hydrogen-bond donors (Lipinski definition) is 1. The monoisotopic (exact) mass is 273 g/mol. The number of hydrogen-bond acceptors (Lipinski definition) is 3. The Balaban J connectivity index is 1.77. The highest BCUT2D eigenvalue weighted by atomic mass is 16.3. The van der Waals surface area contributed by atoms with E-state index in [0.29, 0.717) is 17.2 Å². The van der Waals surface area contributed by atoms with Gasteiger partial charge in [0.25, 0.3) is 5.91 Å². The first-order valence-corrected chi connectivity index (χ1v) is 7.00. The van der Waals surface area contributed by atoms with Crippen molar-refractivity contribution in [3.63, 3.8) is 0 Å². The number of nitrogens with one attached hydrogen (secondary N) is 1. The summed E-state index contributed by atoms with van der Waals surface area (Å²) in [4.78, 5) is 14.5. The molecule has 3 heterocycles. The van der Waals surface area contributed by atoms with Gasteiger partial charge in [-0.2, -0.15) is 5.10 Å². The first-order chi connectivity index (χ1) is 9.65. The molecule has 1 N–H and O–H groups in total. The van der Waals surface area contributed by atoms with Crippen LogP contribution in [0.4, 0.5) is 0 Å². The minimum absolute atomic E-state index is 0.0727. The molecule has 0 unspecified atom stereocenters. The second kappa shape index (κ2) is 5.15. The molecule has 0 aliphatic carbocycles. The third kappa shape index (κ3) is 2.35. The number of H-pyrrole nitrogens is 1. The molecule has 106 valence electrons. The fourth-order valence-corrected chi connectivity index (χ4v) is 2.92. The van der Waals surface area contributed by atoms with Gasteiger partial charge in [0.05, 0.1) is 5.56 Å². The minimum atomic E-state index is 0.0727. The van der Waals surface area contributed by atoms with Gasteiger partial charge in [-0.1, -0.05) is 0 Å². The highest BCUT2D eigenvalue weighted by Gasteiger charge is 2.27. The van der Waals surface area contributed by atoms with Gasteiger partial charge in [-0.3, -0.25) is 9.89 Å². The Kier molecular flexibility index (Phi) is 3.34. The molecule has 1 atom stereocenters. The van der Waals surface area contributed by atoms with Crippen LogP contribution in [0, 0.1) is 13.8 Å². The number of furan rings is 1. The van der Waals surface area contributed by atoms with E-state index in [2.05, 4.69) is 10.2 Å². The van der Waals surface area contributed by atoms with Crippen molar-refractivity contribution < 1.29 is 9.21 Å². The zero-order valence-corrected chi connectivity index (χ0v) is 11.8. The molecule has 1 amide bonds. The van der Waals surface area contributed by atoms with E-state index in [-0.39, 0.29) is 5.91 Å². The van der Waals surface area contributed by atoms with Crippen molar-refractivity contribution in [2.75, 3.05) is 13.1 Å². The van der Waals surface area contributed by atoms with Crippen LogP contribution >= 0.6 is 0 Å². The number of nitrogens with zero attached hydrogens (tertiary/aromatic N) is 2. The average Bonchev–Trinajstić information content (AvgIpc) is 3.08. The molecule has 0 aromatic carbocycles. The van der Waals surface area contributed by atoms with Crippen LogP contribution in [0.3, 0.4) is 0 Å². The lowest BCUT2D eigenvalue weighted by Crippen LogP contribution is -2.39. The molecule has 0 saturated carbocycles. The third-order valence-corrected chi connectivity index (χ3v) is 3.94. The topological polar surface area (TPSA) is 62.1 Å². The van der Waals surface area contributed by atoms with Crippen LogP contribution in [0.5, 0.6) is 0 Å². The van der Waals surface area contributed by atoms with E-state index in [1.165, 1.54) is 0 Å². The van der Waals surface area contributed by atoms with E-state index in [1.54, 1.807) is 6.20 Å². The molecule has 1 aliphatic rings. The molecule has 1 aliphatic heterocycles. The summed E-state index contributed by atoms with van der Waals surface area (Å²) in [6, 6.07) is 3.82. The zero-order chi connectivity index (χ0) is 14.1. The van der Waals surface area contributed by atoms with Crippen molar-refractivity contribution in [2.24, 2.45) is 0 Å². The Bertz CT molecular complexity index is 601. The maximum atomic E-state index is 12.6. The predicted octanol–water partition coefficient (Wildman–Crippen LogP) is 2.64. The maximum Gasteiger partial charge on any atom is 0.257 e. The number of likely N-dealkylation sites (tertiary alicyclic amines) is 1. The van der Waals surface area contributed by atoms with Crippen molar-refractivity contribution in [1.82, 2.24) is 15.1 Å². The summed E-state index contributed by atoms with van der Waals surface area (Å²) < 4.78 is 5.46. The van der Waals surface area contributed by atoms with E-state index in [1.807, 2.05) is 30.9 Å². The van der Waals surface area contributed by atoms with Crippen molar-refractivity contribution >= 4 is 5.91 Å². The number of amides is 1. The van der Waals surface area contributed by atoms with Crippen LogP contribution in [-0.2, 0) is 0 Å². The smallest absolute Gasteiger partial charge is 0.257 e. The van der Waals surface area contributed by atoms with Gasteiger partial charge in [-0.25, -0.2) is 0 Å². The van der Waals surface area contributed by atoms with Gasteiger partial charge in [0.2, 0.25) is 0 Å². The largest absolute Gasteiger partial charge is 0.466 e. The number of rotatable bonds is 2. The molecule has 1 saturated heterocycles. The zero-order valence-electron chi connectivity index (χ0n) is 11.8. The van der Waals surface area contributed by atoms with Gasteiger partial charge in [-0.05, 0) is 38.8 Å². The van der Waals surface area contributed by atoms with E-state index in [9.17, 15) is 4.79 Å². The second-order valence-corrected chi connectivity index (χ2v) is 5.43. The Morgan fingerprint density at radius 2 is 2.35 bits per heavy atom. The number of aryl methyl sites for hydroxylation is 2. The highest BCUT2D eigenvalue weighted by molar-refractivity contribution is 5.95. The fraction of sp³-hybridized carbons (Fsp3) is 0.467. The molecule has 20 heavy (non-hydrogen) atoms. The molecule has 5 heteroatoms. The van der Waals surface area contributed by atoms with Crippen LogP contribution in [0.2, 0.25) is 0 Å². The quantitative estimate of drug-likeness (QED) is 0.915. The molecular weight excluding hydrogens is 254 g/mol. The Hall–Kier alpha value is -2.04. The van der Waals surface area contributed by atoms with Gasteiger partial charge in [-0.15, -0.1) is 0 Å². The number of aromatic amines is 1. The molecular formula is C15H19N3O2. The minimum Gasteiger partial charge on any atom is -0.466 e. The molecule has 1 fully saturated rings. The Morgan fingerprint density at radius 3 is 3.00 bits per heavy atom. The number of carbonyl (C=O) groups is 1. The van der Waals surface area contributed by atoms with Crippen LogP contribution in [0.15, 0.2) is 22.7 Å². The lowest BCUT2D eigenvalue weighted by atomic mass is 9.94. The molecule has 0 bridgehead atoms.